The van der Waals surface area contributed by atoms with Crippen molar-refractivity contribution in [2.75, 3.05) is 23.8 Å². The molecule has 2 aromatic rings. The van der Waals surface area contributed by atoms with Gasteiger partial charge < -0.3 is 10.2 Å². The molecule has 5 nitrogen and oxygen atoms in total. The molecule has 2 heterocycles. The van der Waals surface area contributed by atoms with Gasteiger partial charge in [-0.1, -0.05) is 0 Å². The van der Waals surface area contributed by atoms with E-state index in [9.17, 15) is 4.79 Å². The van der Waals surface area contributed by atoms with Crippen molar-refractivity contribution in [3.8, 4) is 0 Å². The molecule has 0 saturated heterocycles. The fraction of sp³-hybridized carbons (Fsp3) is 0.214. The number of carbonyl (C=O) groups is 1. The van der Waals surface area contributed by atoms with E-state index in [0.29, 0.717) is 5.56 Å². The van der Waals surface area contributed by atoms with Gasteiger partial charge in [0, 0.05) is 37.9 Å². The molecule has 0 saturated carbocycles. The molecule has 0 atom stereocenters. The third-order valence-corrected chi connectivity index (χ3v) is 2.77. The minimum atomic E-state index is -0.0791. The van der Waals surface area contributed by atoms with Crippen molar-refractivity contribution in [1.29, 1.82) is 0 Å². The Balaban J connectivity index is 2.29. The fourth-order valence-electron chi connectivity index (χ4n) is 1.78. The van der Waals surface area contributed by atoms with E-state index in [0.717, 1.165) is 17.9 Å². The van der Waals surface area contributed by atoms with E-state index in [2.05, 4.69) is 15.3 Å². The van der Waals surface area contributed by atoms with Gasteiger partial charge >= 0.3 is 0 Å². The van der Waals surface area contributed by atoms with Gasteiger partial charge in [-0.15, -0.1) is 0 Å². The first-order valence-corrected chi connectivity index (χ1v) is 6.10. The summed E-state index contributed by atoms with van der Waals surface area (Å²) in [6, 6.07) is 5.32. The Kier molecular flexibility index (Phi) is 4.07. The Labute approximate surface area is 112 Å². The third kappa shape index (κ3) is 2.88. The third-order valence-electron chi connectivity index (χ3n) is 2.77. The van der Waals surface area contributed by atoms with Crippen LogP contribution in [0.4, 0.5) is 11.4 Å². The lowest BCUT2D eigenvalue weighted by Crippen LogP contribution is -2.27. The quantitative estimate of drug-likeness (QED) is 0.911. The summed E-state index contributed by atoms with van der Waals surface area (Å²) in [5.74, 6) is -0.0791. The van der Waals surface area contributed by atoms with E-state index in [1.807, 2.05) is 6.92 Å². The molecule has 98 valence electrons. The number of anilines is 2. The zero-order valence-electron chi connectivity index (χ0n) is 11.0. The van der Waals surface area contributed by atoms with Gasteiger partial charge in [0.05, 0.1) is 17.4 Å². The first-order valence-electron chi connectivity index (χ1n) is 6.10. The first kappa shape index (κ1) is 13.0. The van der Waals surface area contributed by atoms with E-state index in [4.69, 9.17) is 0 Å². The predicted octanol–water partition coefficient (Wildman–Crippen LogP) is 2.18. The number of hydrogen-bond acceptors (Lipinski definition) is 4. The van der Waals surface area contributed by atoms with Gasteiger partial charge in [-0.25, -0.2) is 0 Å². The number of hydrogen-bond donors (Lipinski definition) is 1. The van der Waals surface area contributed by atoms with E-state index < -0.39 is 0 Å². The van der Waals surface area contributed by atoms with Gasteiger partial charge in [0.15, 0.2) is 0 Å². The molecule has 0 aliphatic carbocycles. The van der Waals surface area contributed by atoms with Gasteiger partial charge in [-0.2, -0.15) is 0 Å². The molecule has 0 radical (unpaired) electrons. The molecule has 0 fully saturated rings. The lowest BCUT2D eigenvalue weighted by Gasteiger charge is -2.19. The van der Waals surface area contributed by atoms with Crippen molar-refractivity contribution in [1.82, 2.24) is 9.97 Å². The Bertz CT molecular complexity index is 556. The molecule has 0 bridgehead atoms. The van der Waals surface area contributed by atoms with E-state index in [1.54, 1.807) is 54.9 Å². The Hall–Kier alpha value is -2.43. The average Bonchev–Trinajstić information content (AvgIpc) is 2.47. The molecule has 1 N–H and O–H groups in total. The van der Waals surface area contributed by atoms with Crippen LogP contribution in [0.5, 0.6) is 0 Å². The van der Waals surface area contributed by atoms with Crippen LogP contribution in [0, 0.1) is 0 Å². The van der Waals surface area contributed by atoms with Gasteiger partial charge in [0.2, 0.25) is 0 Å². The molecular weight excluding hydrogens is 240 g/mol. The number of rotatable bonds is 4. The maximum atomic E-state index is 12.5. The minimum absolute atomic E-state index is 0.0791. The zero-order valence-corrected chi connectivity index (χ0v) is 11.0. The second kappa shape index (κ2) is 5.95. The number of nitrogens with one attached hydrogen (secondary N) is 1. The minimum Gasteiger partial charge on any atom is -0.383 e. The highest BCUT2D eigenvalue weighted by Crippen LogP contribution is 2.19. The topological polar surface area (TPSA) is 58.1 Å². The number of aromatic nitrogens is 2. The van der Waals surface area contributed by atoms with Crippen molar-refractivity contribution in [2.45, 2.75) is 6.92 Å². The summed E-state index contributed by atoms with van der Waals surface area (Å²) >= 11 is 0. The SMILES string of the molecule is CCNc1cnccc1C(=O)N(C)c1ccncc1. The number of amides is 1. The van der Waals surface area contributed by atoms with E-state index >= 15 is 0 Å². The van der Waals surface area contributed by atoms with Gasteiger partial charge in [0.1, 0.15) is 0 Å². The summed E-state index contributed by atoms with van der Waals surface area (Å²) in [6.45, 7) is 2.72. The van der Waals surface area contributed by atoms with Crippen molar-refractivity contribution in [3.63, 3.8) is 0 Å². The molecule has 0 aliphatic heterocycles. The highest BCUT2D eigenvalue weighted by molar-refractivity contribution is 6.09. The van der Waals surface area contributed by atoms with E-state index in [1.165, 1.54) is 0 Å². The molecule has 1 amide bonds. The lowest BCUT2D eigenvalue weighted by atomic mass is 10.2. The molecule has 2 rings (SSSR count). The van der Waals surface area contributed by atoms with Gasteiger partial charge in [0.25, 0.3) is 5.91 Å². The highest BCUT2D eigenvalue weighted by Gasteiger charge is 2.16. The smallest absolute Gasteiger partial charge is 0.260 e. The van der Waals surface area contributed by atoms with Crippen LogP contribution in [0.2, 0.25) is 0 Å². The summed E-state index contributed by atoms with van der Waals surface area (Å²) in [4.78, 5) is 22.1. The van der Waals surface area contributed by atoms with Crippen LogP contribution in [0.1, 0.15) is 17.3 Å². The van der Waals surface area contributed by atoms with Crippen molar-refractivity contribution in [3.05, 3.63) is 48.5 Å². The van der Waals surface area contributed by atoms with Crippen LogP contribution in [-0.4, -0.2) is 29.5 Å². The standard InChI is InChI=1S/C14H16N4O/c1-3-17-13-10-16-9-6-12(13)14(19)18(2)11-4-7-15-8-5-11/h4-10,17H,3H2,1-2H3. The summed E-state index contributed by atoms with van der Waals surface area (Å²) in [7, 11) is 1.74. The van der Waals surface area contributed by atoms with Gasteiger partial charge in [-0.05, 0) is 25.1 Å². The van der Waals surface area contributed by atoms with Crippen LogP contribution < -0.4 is 10.2 Å². The van der Waals surface area contributed by atoms with Crippen LogP contribution in [0.15, 0.2) is 43.0 Å². The summed E-state index contributed by atoms with van der Waals surface area (Å²) in [5, 5.41) is 3.14. The van der Waals surface area contributed by atoms with Crippen LogP contribution in [0.25, 0.3) is 0 Å². The van der Waals surface area contributed by atoms with Gasteiger partial charge in [-0.3, -0.25) is 14.8 Å². The molecule has 19 heavy (non-hydrogen) atoms. The highest BCUT2D eigenvalue weighted by atomic mass is 16.2. The first-order chi connectivity index (χ1) is 9.24. The molecule has 0 aromatic carbocycles. The second-order valence-electron chi connectivity index (χ2n) is 4.02. The average molecular weight is 256 g/mol. The lowest BCUT2D eigenvalue weighted by molar-refractivity contribution is 0.0993. The molecule has 0 unspecified atom stereocenters. The molecular formula is C14H16N4O. The normalized spacial score (nSPS) is 10.0. The largest absolute Gasteiger partial charge is 0.383 e. The van der Waals surface area contributed by atoms with E-state index in [-0.39, 0.29) is 5.91 Å². The number of nitrogens with zero attached hydrogens (tertiary/aromatic N) is 3. The fourth-order valence-corrected chi connectivity index (χ4v) is 1.78. The number of pyridine rings is 2. The zero-order chi connectivity index (χ0) is 13.7. The molecule has 0 spiro atoms. The Morgan fingerprint density at radius 1 is 1.21 bits per heavy atom. The Morgan fingerprint density at radius 3 is 2.58 bits per heavy atom. The summed E-state index contributed by atoms with van der Waals surface area (Å²) in [6.07, 6.45) is 6.61. The summed E-state index contributed by atoms with van der Waals surface area (Å²) in [5.41, 5.74) is 2.16. The maximum Gasteiger partial charge on any atom is 0.260 e. The second-order valence-corrected chi connectivity index (χ2v) is 4.02. The Morgan fingerprint density at radius 2 is 1.89 bits per heavy atom. The molecule has 5 heteroatoms. The molecule has 2 aromatic heterocycles. The maximum absolute atomic E-state index is 12.5. The van der Waals surface area contributed by atoms with Crippen LogP contribution in [0.3, 0.4) is 0 Å². The van der Waals surface area contributed by atoms with Crippen molar-refractivity contribution in [2.24, 2.45) is 0 Å². The summed E-state index contributed by atoms with van der Waals surface area (Å²) < 4.78 is 0. The monoisotopic (exact) mass is 256 g/mol. The molecule has 0 aliphatic rings. The predicted molar refractivity (Wildman–Crippen MR) is 75.4 cm³/mol. The number of carbonyl (C=O) groups excluding carboxylic acids is 1. The van der Waals surface area contributed by atoms with Crippen LogP contribution in [-0.2, 0) is 0 Å². The van der Waals surface area contributed by atoms with Crippen LogP contribution >= 0.6 is 0 Å². The van der Waals surface area contributed by atoms with Crippen molar-refractivity contribution >= 4 is 17.3 Å². The van der Waals surface area contributed by atoms with Crippen molar-refractivity contribution < 1.29 is 4.79 Å².